The predicted octanol–water partition coefficient (Wildman–Crippen LogP) is 7.22. The zero-order chi connectivity index (χ0) is 26.6. The summed E-state index contributed by atoms with van der Waals surface area (Å²) < 4.78 is 44.1. The standard InChI is InChI=1S/C25H17ClF3N3O4/c1-14-7-15(2)9-19(8-14)31-24(33)17(13-30)10-16-3-5-22(20(26)11-16)36-23-6-4-18(25(27,28)29)12-21(23)32(34)35/h3-12H,1-2H3,(H,31,33)/b17-10-. The highest BCUT2D eigenvalue weighted by Crippen LogP contribution is 2.39. The molecule has 0 aliphatic carbocycles. The molecule has 0 heterocycles. The molecule has 0 atom stereocenters. The van der Waals surface area contributed by atoms with Gasteiger partial charge in [-0.15, -0.1) is 0 Å². The number of aryl methyl sites for hydroxylation is 2. The van der Waals surface area contributed by atoms with E-state index in [4.69, 9.17) is 16.3 Å². The molecule has 0 saturated heterocycles. The van der Waals surface area contributed by atoms with Gasteiger partial charge in [0, 0.05) is 11.8 Å². The Bertz CT molecular complexity index is 1410. The summed E-state index contributed by atoms with van der Waals surface area (Å²) in [4.78, 5) is 22.8. The van der Waals surface area contributed by atoms with E-state index >= 15 is 0 Å². The minimum atomic E-state index is -4.77. The van der Waals surface area contributed by atoms with Gasteiger partial charge in [0.25, 0.3) is 5.91 Å². The highest BCUT2D eigenvalue weighted by atomic mass is 35.5. The Kier molecular flexibility index (Phi) is 7.65. The maximum Gasteiger partial charge on any atom is 0.416 e. The maximum atomic E-state index is 12.9. The van der Waals surface area contributed by atoms with E-state index in [0.717, 1.165) is 17.2 Å². The summed E-state index contributed by atoms with van der Waals surface area (Å²) in [5.41, 5.74) is 0.445. The number of amides is 1. The van der Waals surface area contributed by atoms with E-state index in [9.17, 15) is 33.3 Å². The molecule has 1 amide bonds. The van der Waals surface area contributed by atoms with Crippen LogP contribution in [0.4, 0.5) is 24.5 Å². The van der Waals surface area contributed by atoms with Gasteiger partial charge in [-0.3, -0.25) is 14.9 Å². The molecule has 0 unspecified atom stereocenters. The topological polar surface area (TPSA) is 105 Å². The van der Waals surface area contributed by atoms with Crippen molar-refractivity contribution in [2.45, 2.75) is 20.0 Å². The van der Waals surface area contributed by atoms with Crippen molar-refractivity contribution < 1.29 is 27.6 Å². The first-order chi connectivity index (χ1) is 16.9. The average molecular weight is 516 g/mol. The summed E-state index contributed by atoms with van der Waals surface area (Å²) in [7, 11) is 0. The molecule has 1 N–H and O–H groups in total. The lowest BCUT2D eigenvalue weighted by Gasteiger charge is -2.11. The van der Waals surface area contributed by atoms with E-state index in [0.29, 0.717) is 23.4 Å². The van der Waals surface area contributed by atoms with Gasteiger partial charge in [-0.05, 0) is 73.0 Å². The zero-order valence-electron chi connectivity index (χ0n) is 18.8. The van der Waals surface area contributed by atoms with Gasteiger partial charge in [0.05, 0.1) is 15.5 Å². The van der Waals surface area contributed by atoms with Gasteiger partial charge in [-0.2, -0.15) is 18.4 Å². The first-order valence-corrected chi connectivity index (χ1v) is 10.6. The first-order valence-electron chi connectivity index (χ1n) is 10.2. The van der Waals surface area contributed by atoms with Crippen LogP contribution in [0.2, 0.25) is 5.02 Å². The Labute approximate surface area is 208 Å². The van der Waals surface area contributed by atoms with Crippen molar-refractivity contribution in [2.75, 3.05) is 5.32 Å². The number of halogens is 4. The Morgan fingerprint density at radius 1 is 1.08 bits per heavy atom. The van der Waals surface area contributed by atoms with Crippen LogP contribution < -0.4 is 10.1 Å². The van der Waals surface area contributed by atoms with E-state index in [1.165, 1.54) is 24.3 Å². The van der Waals surface area contributed by atoms with Gasteiger partial charge in [-0.25, -0.2) is 0 Å². The van der Waals surface area contributed by atoms with E-state index in [1.54, 1.807) is 12.1 Å². The number of nitrogens with zero attached hydrogens (tertiary/aromatic N) is 2. The fourth-order valence-electron chi connectivity index (χ4n) is 3.29. The summed E-state index contributed by atoms with van der Waals surface area (Å²) in [5, 5.41) is 23.3. The normalized spacial score (nSPS) is 11.5. The number of nitro benzene ring substituents is 1. The Balaban J connectivity index is 1.85. The second kappa shape index (κ2) is 10.5. The monoisotopic (exact) mass is 515 g/mol. The van der Waals surface area contributed by atoms with E-state index < -0.39 is 34.0 Å². The van der Waals surface area contributed by atoms with Crippen LogP contribution in [0.5, 0.6) is 11.5 Å². The van der Waals surface area contributed by atoms with Crippen LogP contribution in [0.1, 0.15) is 22.3 Å². The van der Waals surface area contributed by atoms with Crippen molar-refractivity contribution in [1.82, 2.24) is 0 Å². The Morgan fingerprint density at radius 2 is 1.72 bits per heavy atom. The molecule has 36 heavy (non-hydrogen) atoms. The Morgan fingerprint density at radius 3 is 2.28 bits per heavy atom. The molecule has 0 aliphatic rings. The highest BCUT2D eigenvalue weighted by molar-refractivity contribution is 6.32. The summed E-state index contributed by atoms with van der Waals surface area (Å²) in [5.74, 6) is -1.15. The number of nitro groups is 1. The molecule has 3 rings (SSSR count). The number of nitriles is 1. The lowest BCUT2D eigenvalue weighted by molar-refractivity contribution is -0.385. The summed E-state index contributed by atoms with van der Waals surface area (Å²) in [6.07, 6.45) is -3.48. The minimum Gasteiger partial charge on any atom is -0.449 e. The number of carbonyl (C=O) groups excluding carboxylic acids is 1. The third-order valence-electron chi connectivity index (χ3n) is 4.81. The largest absolute Gasteiger partial charge is 0.449 e. The molecular weight excluding hydrogens is 499 g/mol. The fraction of sp³-hybridized carbons (Fsp3) is 0.120. The number of nitrogens with one attached hydrogen (secondary N) is 1. The minimum absolute atomic E-state index is 0.0510. The second-order valence-electron chi connectivity index (χ2n) is 7.73. The van der Waals surface area contributed by atoms with Gasteiger partial charge in [0.15, 0.2) is 0 Å². The molecule has 3 aromatic rings. The van der Waals surface area contributed by atoms with E-state index in [1.807, 2.05) is 26.0 Å². The number of anilines is 1. The number of alkyl halides is 3. The molecule has 0 bridgehead atoms. The lowest BCUT2D eigenvalue weighted by Crippen LogP contribution is -2.13. The SMILES string of the molecule is Cc1cc(C)cc(NC(=O)/C(C#N)=C\c2ccc(Oc3ccc(C(F)(F)F)cc3[N+](=O)[O-])c(Cl)c2)c1. The van der Waals surface area contributed by atoms with Crippen LogP contribution in [0.3, 0.4) is 0 Å². The third-order valence-corrected chi connectivity index (χ3v) is 5.11. The van der Waals surface area contributed by atoms with Gasteiger partial charge in [-0.1, -0.05) is 23.7 Å². The number of benzene rings is 3. The third kappa shape index (κ3) is 6.40. The van der Waals surface area contributed by atoms with Crippen molar-refractivity contribution >= 4 is 35.0 Å². The molecule has 0 saturated carbocycles. The molecule has 11 heteroatoms. The molecule has 0 spiro atoms. The van der Waals surface area contributed by atoms with Crippen LogP contribution >= 0.6 is 11.6 Å². The van der Waals surface area contributed by atoms with Crippen LogP contribution in [0, 0.1) is 35.3 Å². The molecule has 0 aliphatic heterocycles. The highest BCUT2D eigenvalue weighted by Gasteiger charge is 2.33. The van der Waals surface area contributed by atoms with Crippen molar-refractivity contribution in [3.8, 4) is 17.6 Å². The lowest BCUT2D eigenvalue weighted by atomic mass is 10.1. The van der Waals surface area contributed by atoms with E-state index in [2.05, 4.69) is 5.32 Å². The predicted molar refractivity (Wildman–Crippen MR) is 128 cm³/mol. The zero-order valence-corrected chi connectivity index (χ0v) is 19.6. The van der Waals surface area contributed by atoms with E-state index in [-0.39, 0.29) is 16.3 Å². The molecule has 0 fully saturated rings. The summed E-state index contributed by atoms with van der Waals surface area (Å²) >= 11 is 6.20. The van der Waals surface area contributed by atoms with Crippen LogP contribution in [0.15, 0.2) is 60.2 Å². The number of carbonyl (C=O) groups is 1. The summed E-state index contributed by atoms with van der Waals surface area (Å²) in [6, 6.07) is 13.2. The Hall–Kier alpha value is -4.36. The second-order valence-corrected chi connectivity index (χ2v) is 8.14. The molecule has 7 nitrogen and oxygen atoms in total. The maximum absolute atomic E-state index is 12.9. The van der Waals surface area contributed by atoms with Crippen molar-refractivity contribution in [2.24, 2.45) is 0 Å². The molecule has 0 aromatic heterocycles. The van der Waals surface area contributed by atoms with Crippen LogP contribution in [-0.2, 0) is 11.0 Å². The van der Waals surface area contributed by atoms with Crippen molar-refractivity contribution in [3.05, 3.63) is 97.6 Å². The molecular formula is C25H17ClF3N3O4. The van der Waals surface area contributed by atoms with Crippen molar-refractivity contribution in [3.63, 3.8) is 0 Å². The van der Waals surface area contributed by atoms with Crippen molar-refractivity contribution in [1.29, 1.82) is 5.26 Å². The fourth-order valence-corrected chi connectivity index (χ4v) is 3.52. The molecule has 0 radical (unpaired) electrons. The number of hydrogen-bond acceptors (Lipinski definition) is 5. The smallest absolute Gasteiger partial charge is 0.416 e. The van der Waals surface area contributed by atoms with Gasteiger partial charge >= 0.3 is 11.9 Å². The summed E-state index contributed by atoms with van der Waals surface area (Å²) in [6.45, 7) is 3.74. The average Bonchev–Trinajstić information content (AvgIpc) is 2.77. The van der Waals surface area contributed by atoms with Gasteiger partial charge < -0.3 is 10.1 Å². The van der Waals surface area contributed by atoms with Gasteiger partial charge in [0.2, 0.25) is 5.75 Å². The van der Waals surface area contributed by atoms with Gasteiger partial charge in [0.1, 0.15) is 17.4 Å². The number of ether oxygens (including phenoxy) is 1. The molecule has 184 valence electrons. The first kappa shape index (κ1) is 26.2. The van der Waals surface area contributed by atoms with Crippen LogP contribution in [-0.4, -0.2) is 10.8 Å². The number of rotatable bonds is 6. The van der Waals surface area contributed by atoms with Crippen LogP contribution in [0.25, 0.3) is 6.08 Å². The molecule has 3 aromatic carbocycles. The quantitative estimate of drug-likeness (QED) is 0.161. The number of hydrogen-bond donors (Lipinski definition) is 1.